The molecule has 0 aliphatic heterocycles. The van der Waals surface area contributed by atoms with Crippen molar-refractivity contribution < 1.29 is 48.0 Å². The normalized spacial score (nSPS) is 24.3. The quantitative estimate of drug-likeness (QED) is 0.575. The summed E-state index contributed by atoms with van der Waals surface area (Å²) < 4.78 is 0.189. The Morgan fingerprint density at radius 1 is 0.552 bits per heavy atom. The Morgan fingerprint density at radius 2 is 0.897 bits per heavy atom. The number of rotatable bonds is 4. The van der Waals surface area contributed by atoms with Crippen LogP contribution in [0, 0.1) is 13.8 Å². The molecule has 0 aromatic heterocycles. The van der Waals surface area contributed by atoms with Gasteiger partial charge in [0.25, 0.3) is 0 Å². The Balaban J connectivity index is 0.00000150. The van der Waals surface area contributed by atoms with Crippen molar-refractivity contribution in [3.8, 4) is 0 Å². The molecule has 2 aliphatic carbocycles. The zero-order chi connectivity index (χ0) is 19.1. The van der Waals surface area contributed by atoms with Crippen LogP contribution in [0.15, 0.2) is 96.1 Å². The second-order valence-electron chi connectivity index (χ2n) is 8.04. The Morgan fingerprint density at radius 3 is 1.17 bits per heavy atom. The summed E-state index contributed by atoms with van der Waals surface area (Å²) in [5, 5.41) is 0. The Hall–Kier alpha value is -1.14. The van der Waals surface area contributed by atoms with E-state index in [4.69, 9.17) is 0 Å². The Kier molecular flexibility index (Phi) is 7.77. The largest absolute Gasteiger partial charge is 1.00 e. The van der Waals surface area contributed by atoms with Crippen LogP contribution >= 0.6 is 0 Å². The van der Waals surface area contributed by atoms with Gasteiger partial charge in [0.15, 0.2) is 0 Å². The van der Waals surface area contributed by atoms with Gasteiger partial charge in [-0.3, -0.25) is 0 Å². The first-order valence-electron chi connectivity index (χ1n) is 9.62. The maximum Gasteiger partial charge on any atom is -1.00 e. The van der Waals surface area contributed by atoms with Crippen molar-refractivity contribution in [3.05, 3.63) is 118 Å². The third kappa shape index (κ3) is 4.79. The molecular formula is C26H26Cl2Zr. The van der Waals surface area contributed by atoms with Gasteiger partial charge in [0.2, 0.25) is 0 Å². The van der Waals surface area contributed by atoms with Gasteiger partial charge in [0.05, 0.1) is 0 Å². The predicted molar refractivity (Wildman–Crippen MR) is 112 cm³/mol. The maximum absolute atomic E-state index is 2.52. The zero-order valence-electron chi connectivity index (χ0n) is 17.3. The fraction of sp³-hybridized carbons (Fsp3) is 0.231. The van der Waals surface area contributed by atoms with E-state index in [1.54, 1.807) is 0 Å². The number of benzene rings is 2. The molecule has 0 spiro atoms. The summed E-state index contributed by atoms with van der Waals surface area (Å²) in [6.45, 7) is 8.80. The SMILES string of the molecule is CC1=C[C]([Zr+2][C]2(c3ccc(C)cc3)C=CC(C)=C2)(c2ccc(C)cc2)C=C1.[Cl-].[Cl-]. The number of allylic oxidation sites excluding steroid dienone is 8. The van der Waals surface area contributed by atoms with Crippen LogP contribution in [0.5, 0.6) is 0 Å². The molecule has 0 N–H and O–H groups in total. The van der Waals surface area contributed by atoms with E-state index in [9.17, 15) is 0 Å². The molecule has 0 heterocycles. The second kappa shape index (κ2) is 9.34. The molecule has 29 heavy (non-hydrogen) atoms. The van der Waals surface area contributed by atoms with Crippen LogP contribution in [0.3, 0.4) is 0 Å². The average Bonchev–Trinajstić information content (AvgIpc) is 3.20. The van der Waals surface area contributed by atoms with Crippen LogP contribution in [0.4, 0.5) is 0 Å². The predicted octanol–water partition coefficient (Wildman–Crippen LogP) is 0.517. The minimum Gasteiger partial charge on any atom is -1.00 e. The van der Waals surface area contributed by atoms with E-state index in [1.165, 1.54) is 33.4 Å². The molecule has 0 amide bonds. The summed E-state index contributed by atoms with van der Waals surface area (Å²) >= 11 is -1.03. The van der Waals surface area contributed by atoms with E-state index in [0.29, 0.717) is 0 Å². The summed E-state index contributed by atoms with van der Waals surface area (Å²) in [5.41, 5.74) is 8.33. The molecule has 3 heteroatoms. The molecule has 0 radical (unpaired) electrons. The van der Waals surface area contributed by atoms with E-state index < -0.39 is 23.2 Å². The van der Waals surface area contributed by atoms with Crippen LogP contribution in [-0.2, 0) is 29.5 Å². The van der Waals surface area contributed by atoms with Gasteiger partial charge in [0.1, 0.15) is 0 Å². The Labute approximate surface area is 199 Å². The van der Waals surface area contributed by atoms with Gasteiger partial charge in [-0.05, 0) is 0 Å². The van der Waals surface area contributed by atoms with E-state index in [1.807, 2.05) is 0 Å². The van der Waals surface area contributed by atoms with E-state index in [2.05, 4.69) is 113 Å². The fourth-order valence-corrected chi connectivity index (χ4v) is 9.60. The molecule has 2 aromatic carbocycles. The first kappa shape index (κ1) is 24.1. The molecule has 0 bridgehead atoms. The number of halogens is 2. The van der Waals surface area contributed by atoms with Crippen LogP contribution in [-0.4, -0.2) is 0 Å². The summed E-state index contributed by atoms with van der Waals surface area (Å²) in [6.07, 6.45) is 14.6. The standard InChI is InChI=1S/2C13H13.2ClH.Zr/c2*1-10-3-6-12(7-4-10)13-8-5-11(2)9-13;;;/h2*3-9H,1-2H3;2*1H;/q;;;;+2/p-2. The summed E-state index contributed by atoms with van der Waals surface area (Å²) in [7, 11) is 0. The van der Waals surface area contributed by atoms with Crippen molar-refractivity contribution in [2.45, 2.75) is 33.9 Å². The molecule has 2 aromatic rings. The van der Waals surface area contributed by atoms with Gasteiger partial charge in [-0.1, -0.05) is 0 Å². The number of hydrogen-bond acceptors (Lipinski definition) is 0. The molecule has 2 atom stereocenters. The minimum absolute atomic E-state index is 0. The van der Waals surface area contributed by atoms with Crippen LogP contribution in [0.1, 0.15) is 36.1 Å². The van der Waals surface area contributed by atoms with E-state index in [-0.39, 0.29) is 31.1 Å². The van der Waals surface area contributed by atoms with Crippen molar-refractivity contribution in [1.29, 1.82) is 0 Å². The molecule has 0 nitrogen and oxygen atoms in total. The molecule has 2 aliphatic rings. The van der Waals surface area contributed by atoms with Gasteiger partial charge in [-0.2, -0.15) is 0 Å². The topological polar surface area (TPSA) is 0 Å². The third-order valence-corrected chi connectivity index (χ3v) is 10.6. The smallest absolute Gasteiger partial charge is 1.00 e. The van der Waals surface area contributed by atoms with E-state index >= 15 is 0 Å². The second-order valence-corrected chi connectivity index (χ2v) is 12.7. The van der Waals surface area contributed by atoms with Crippen molar-refractivity contribution >= 4 is 0 Å². The molecule has 4 rings (SSSR count). The van der Waals surface area contributed by atoms with Crippen LogP contribution < -0.4 is 24.8 Å². The van der Waals surface area contributed by atoms with Crippen molar-refractivity contribution in [3.63, 3.8) is 0 Å². The van der Waals surface area contributed by atoms with E-state index in [0.717, 1.165) is 0 Å². The first-order chi connectivity index (χ1) is 12.9. The fourth-order valence-electron chi connectivity index (χ4n) is 4.10. The third-order valence-electron chi connectivity index (χ3n) is 5.60. The summed E-state index contributed by atoms with van der Waals surface area (Å²) in [6, 6.07) is 18.4. The van der Waals surface area contributed by atoms with Crippen molar-refractivity contribution in [1.82, 2.24) is 0 Å². The Bertz CT molecular complexity index is 899. The molecule has 2 unspecified atom stereocenters. The van der Waals surface area contributed by atoms with Gasteiger partial charge < -0.3 is 24.8 Å². The minimum atomic E-state index is -1.03. The molecule has 148 valence electrons. The first-order valence-corrected chi connectivity index (χ1v) is 12.1. The number of hydrogen-bond donors (Lipinski definition) is 0. The van der Waals surface area contributed by atoms with Crippen molar-refractivity contribution in [2.75, 3.05) is 0 Å². The molecule has 0 fully saturated rings. The monoisotopic (exact) mass is 498 g/mol. The van der Waals surface area contributed by atoms with Gasteiger partial charge in [-0.25, -0.2) is 0 Å². The molecule has 0 saturated heterocycles. The summed E-state index contributed by atoms with van der Waals surface area (Å²) in [4.78, 5) is 0. The van der Waals surface area contributed by atoms with Gasteiger partial charge >= 0.3 is 176 Å². The number of aryl methyl sites for hydroxylation is 2. The zero-order valence-corrected chi connectivity index (χ0v) is 21.3. The van der Waals surface area contributed by atoms with Crippen LogP contribution in [0.25, 0.3) is 0 Å². The molecule has 0 saturated carbocycles. The summed E-state index contributed by atoms with van der Waals surface area (Å²) in [5.74, 6) is 0. The average molecular weight is 501 g/mol. The van der Waals surface area contributed by atoms with Crippen molar-refractivity contribution in [2.24, 2.45) is 0 Å². The van der Waals surface area contributed by atoms with Gasteiger partial charge in [0, 0.05) is 0 Å². The maximum atomic E-state index is 2.52. The van der Waals surface area contributed by atoms with Crippen LogP contribution in [0.2, 0.25) is 0 Å². The molecular weight excluding hydrogens is 474 g/mol. The van der Waals surface area contributed by atoms with Gasteiger partial charge in [-0.15, -0.1) is 0 Å².